The monoisotopic (exact) mass is 544 g/mol. The number of hydrogen-bond donors (Lipinski definition) is 4. The number of aryl methyl sites for hydroxylation is 1. The molecule has 0 aliphatic rings. The van der Waals surface area contributed by atoms with Crippen molar-refractivity contribution in [3.8, 4) is 0 Å². The van der Waals surface area contributed by atoms with Crippen molar-refractivity contribution in [2.75, 3.05) is 19.6 Å². The molecule has 3 amide bonds. The molecule has 0 bridgehead atoms. The van der Waals surface area contributed by atoms with E-state index in [1.54, 1.807) is 34.6 Å². The minimum absolute atomic E-state index is 0.0258. The Morgan fingerprint density at radius 2 is 1.39 bits per heavy atom. The summed E-state index contributed by atoms with van der Waals surface area (Å²) in [7, 11) is 0. The standard InChI is InChI=1S/C19H38N4O4.C7H6F2.C2H6/c1-12(2)11-22-17(25)15(13(3)4)23-16(24)14(5)20-9-10-21-18(26)27-19(6,7)8;1-5-2-6(8)4-7(9)3-5;1-2/h12-15,20H,9-11H2,1-8H3,(H,21,26)(H,22,25)(H,23,24);2-4H,1H3;1-2H3. The average Bonchev–Trinajstić information content (AvgIpc) is 2.77. The number of ether oxygens (including phenoxy) is 1. The lowest BCUT2D eigenvalue weighted by Crippen LogP contribution is -2.54. The van der Waals surface area contributed by atoms with Crippen molar-refractivity contribution in [1.29, 1.82) is 0 Å². The van der Waals surface area contributed by atoms with Crippen molar-refractivity contribution in [3.05, 3.63) is 35.4 Å². The number of rotatable bonds is 10. The highest BCUT2D eigenvalue weighted by molar-refractivity contribution is 5.89. The van der Waals surface area contributed by atoms with Gasteiger partial charge in [0.2, 0.25) is 11.8 Å². The molecule has 8 nitrogen and oxygen atoms in total. The Bertz CT molecular complexity index is 792. The van der Waals surface area contributed by atoms with Gasteiger partial charge in [0.1, 0.15) is 23.3 Å². The van der Waals surface area contributed by atoms with Crippen LogP contribution in [0.4, 0.5) is 13.6 Å². The predicted octanol–water partition coefficient (Wildman–Crippen LogP) is 4.70. The lowest BCUT2D eigenvalue weighted by molar-refractivity contribution is -0.130. The van der Waals surface area contributed by atoms with Crippen LogP contribution in [0.15, 0.2) is 18.2 Å². The van der Waals surface area contributed by atoms with Crippen molar-refractivity contribution in [2.24, 2.45) is 11.8 Å². The normalized spacial score (nSPS) is 12.3. The van der Waals surface area contributed by atoms with E-state index < -0.39 is 35.4 Å². The van der Waals surface area contributed by atoms with Gasteiger partial charge in [-0.2, -0.15) is 0 Å². The van der Waals surface area contributed by atoms with E-state index in [-0.39, 0.29) is 17.7 Å². The van der Waals surface area contributed by atoms with E-state index >= 15 is 0 Å². The van der Waals surface area contributed by atoms with Gasteiger partial charge in [-0.25, -0.2) is 13.6 Å². The highest BCUT2D eigenvalue weighted by Crippen LogP contribution is 2.07. The summed E-state index contributed by atoms with van der Waals surface area (Å²) in [5.74, 6) is -1.16. The van der Waals surface area contributed by atoms with Crippen LogP contribution >= 0.6 is 0 Å². The molecular formula is C28H50F2N4O4. The first-order chi connectivity index (χ1) is 17.5. The van der Waals surface area contributed by atoms with E-state index in [9.17, 15) is 23.2 Å². The molecule has 220 valence electrons. The number of amides is 3. The molecule has 2 atom stereocenters. The molecule has 1 aromatic carbocycles. The molecule has 0 saturated carbocycles. The van der Waals surface area contributed by atoms with Crippen LogP contribution in [-0.4, -0.2) is 55.2 Å². The van der Waals surface area contributed by atoms with E-state index in [1.807, 2.05) is 41.5 Å². The van der Waals surface area contributed by atoms with Crippen LogP contribution in [0.2, 0.25) is 0 Å². The number of alkyl carbamates (subject to hydrolysis) is 1. The van der Waals surface area contributed by atoms with Crippen LogP contribution in [-0.2, 0) is 14.3 Å². The maximum absolute atomic E-state index is 12.4. The van der Waals surface area contributed by atoms with Gasteiger partial charge in [-0.15, -0.1) is 0 Å². The number of halogens is 2. The number of nitrogens with one attached hydrogen (secondary N) is 4. The second-order valence-electron chi connectivity index (χ2n) is 10.4. The van der Waals surface area contributed by atoms with Gasteiger partial charge >= 0.3 is 6.09 Å². The summed E-state index contributed by atoms with van der Waals surface area (Å²) in [5, 5.41) is 11.3. The van der Waals surface area contributed by atoms with Crippen LogP contribution in [0.3, 0.4) is 0 Å². The van der Waals surface area contributed by atoms with Gasteiger partial charge in [-0.3, -0.25) is 9.59 Å². The lowest BCUT2D eigenvalue weighted by Gasteiger charge is -2.24. The maximum atomic E-state index is 12.4. The Kier molecular flexibility index (Phi) is 19.0. The third-order valence-corrected chi connectivity index (χ3v) is 4.58. The average molecular weight is 545 g/mol. The molecule has 38 heavy (non-hydrogen) atoms. The Balaban J connectivity index is 0. The molecule has 0 radical (unpaired) electrons. The molecule has 10 heteroatoms. The molecule has 4 N–H and O–H groups in total. The van der Waals surface area contributed by atoms with Crippen LogP contribution in [0.1, 0.15) is 74.8 Å². The van der Waals surface area contributed by atoms with Gasteiger partial charge < -0.3 is 26.0 Å². The van der Waals surface area contributed by atoms with E-state index in [0.29, 0.717) is 31.1 Å². The SMILES string of the molecule is CC.CC(C)CNC(=O)C(NC(=O)C(C)NCCNC(=O)OC(C)(C)C)C(C)C.Cc1cc(F)cc(F)c1. The van der Waals surface area contributed by atoms with Crippen molar-refractivity contribution in [2.45, 2.75) is 93.8 Å². The maximum Gasteiger partial charge on any atom is 0.407 e. The first kappa shape index (κ1) is 37.4. The van der Waals surface area contributed by atoms with Gasteiger partial charge in [0, 0.05) is 25.7 Å². The minimum Gasteiger partial charge on any atom is -0.444 e. The third-order valence-electron chi connectivity index (χ3n) is 4.58. The van der Waals surface area contributed by atoms with Gasteiger partial charge in [0.05, 0.1) is 6.04 Å². The van der Waals surface area contributed by atoms with Crippen molar-refractivity contribution >= 4 is 17.9 Å². The van der Waals surface area contributed by atoms with E-state index in [0.717, 1.165) is 6.07 Å². The molecule has 1 rings (SSSR count). The highest BCUT2D eigenvalue weighted by atomic mass is 19.1. The third kappa shape index (κ3) is 19.4. The summed E-state index contributed by atoms with van der Waals surface area (Å²) >= 11 is 0. The van der Waals surface area contributed by atoms with Crippen LogP contribution in [0.5, 0.6) is 0 Å². The first-order valence-electron chi connectivity index (χ1n) is 13.2. The molecule has 0 spiro atoms. The van der Waals surface area contributed by atoms with Gasteiger partial charge in [-0.1, -0.05) is 41.5 Å². The summed E-state index contributed by atoms with van der Waals surface area (Å²) in [5.41, 5.74) is 0.0552. The topological polar surface area (TPSA) is 109 Å². The Morgan fingerprint density at radius 3 is 1.82 bits per heavy atom. The number of carbonyl (C=O) groups is 3. The van der Waals surface area contributed by atoms with Crippen LogP contribution in [0.25, 0.3) is 0 Å². The largest absolute Gasteiger partial charge is 0.444 e. The predicted molar refractivity (Wildman–Crippen MR) is 149 cm³/mol. The zero-order valence-electron chi connectivity index (χ0n) is 25.1. The summed E-state index contributed by atoms with van der Waals surface area (Å²) in [6.45, 7) is 21.8. The Hall–Kier alpha value is -2.75. The molecule has 0 aliphatic carbocycles. The Labute approximate surface area is 228 Å². The molecule has 2 unspecified atom stereocenters. The van der Waals surface area contributed by atoms with Gasteiger partial charge in [0.25, 0.3) is 0 Å². The molecule has 1 aromatic rings. The van der Waals surface area contributed by atoms with E-state index in [2.05, 4.69) is 21.3 Å². The Morgan fingerprint density at radius 1 is 0.868 bits per heavy atom. The molecule has 0 aliphatic heterocycles. The van der Waals surface area contributed by atoms with Crippen molar-refractivity contribution < 1.29 is 27.9 Å². The number of hydrogen-bond acceptors (Lipinski definition) is 5. The summed E-state index contributed by atoms with van der Waals surface area (Å²) in [4.78, 5) is 36.2. The fourth-order valence-electron chi connectivity index (χ4n) is 2.78. The first-order valence-corrected chi connectivity index (χ1v) is 13.2. The lowest BCUT2D eigenvalue weighted by atomic mass is 10.0. The van der Waals surface area contributed by atoms with Gasteiger partial charge in [-0.05, 0) is 64.2 Å². The van der Waals surface area contributed by atoms with Crippen LogP contribution in [0, 0.1) is 30.4 Å². The summed E-state index contributed by atoms with van der Waals surface area (Å²) in [6, 6.07) is 2.34. The molecule has 0 aromatic heterocycles. The molecule has 0 fully saturated rings. The van der Waals surface area contributed by atoms with E-state index in [4.69, 9.17) is 4.74 Å². The molecule has 0 heterocycles. The second kappa shape index (κ2) is 19.3. The van der Waals surface area contributed by atoms with Crippen molar-refractivity contribution in [3.63, 3.8) is 0 Å². The summed E-state index contributed by atoms with van der Waals surface area (Å²) < 4.78 is 29.5. The number of benzene rings is 1. The quantitative estimate of drug-likeness (QED) is 0.319. The fraction of sp³-hybridized carbons (Fsp3) is 0.679. The number of carbonyl (C=O) groups excluding carboxylic acids is 3. The smallest absolute Gasteiger partial charge is 0.407 e. The minimum atomic E-state index is -0.583. The van der Waals surface area contributed by atoms with E-state index in [1.165, 1.54) is 12.1 Å². The zero-order valence-corrected chi connectivity index (χ0v) is 25.1. The zero-order chi connectivity index (χ0) is 30.1. The van der Waals surface area contributed by atoms with Crippen LogP contribution < -0.4 is 21.3 Å². The second-order valence-corrected chi connectivity index (χ2v) is 10.4. The molecule has 0 saturated heterocycles. The molecular weight excluding hydrogens is 494 g/mol. The summed E-state index contributed by atoms with van der Waals surface area (Å²) in [6.07, 6.45) is -0.497. The van der Waals surface area contributed by atoms with Crippen molar-refractivity contribution in [1.82, 2.24) is 21.3 Å². The fourth-order valence-corrected chi connectivity index (χ4v) is 2.78. The highest BCUT2D eigenvalue weighted by Gasteiger charge is 2.26. The van der Waals surface area contributed by atoms with Gasteiger partial charge in [0.15, 0.2) is 0 Å².